The Morgan fingerprint density at radius 2 is 2.05 bits per heavy atom. The van der Waals surface area contributed by atoms with E-state index in [1.165, 1.54) is 0 Å². The zero-order valence-corrected chi connectivity index (χ0v) is 14.3. The van der Waals surface area contributed by atoms with E-state index in [-0.39, 0.29) is 11.5 Å². The standard InChI is InChI=1S/C17H24N2OS/c1-11-8-13(12(2)18)6-7-14(11)20-9-16-19-15(10-21-16)17(3,4)5/h6-8,10,12H,9,18H2,1-5H3/t12-/m0/s1. The van der Waals surface area contributed by atoms with Crippen LogP contribution in [0.4, 0.5) is 0 Å². The smallest absolute Gasteiger partial charge is 0.140 e. The van der Waals surface area contributed by atoms with Gasteiger partial charge >= 0.3 is 0 Å². The van der Waals surface area contributed by atoms with Crippen LogP contribution in [0.2, 0.25) is 0 Å². The van der Waals surface area contributed by atoms with Crippen LogP contribution in [0.5, 0.6) is 5.75 Å². The molecule has 1 heterocycles. The molecule has 0 saturated carbocycles. The number of benzene rings is 1. The molecule has 1 aromatic carbocycles. The molecule has 21 heavy (non-hydrogen) atoms. The van der Waals surface area contributed by atoms with E-state index in [1.807, 2.05) is 26.0 Å². The van der Waals surface area contributed by atoms with Gasteiger partial charge in [0.1, 0.15) is 17.4 Å². The lowest BCUT2D eigenvalue weighted by molar-refractivity contribution is 0.302. The molecule has 4 heteroatoms. The van der Waals surface area contributed by atoms with Crippen molar-refractivity contribution in [2.24, 2.45) is 5.73 Å². The van der Waals surface area contributed by atoms with E-state index in [2.05, 4.69) is 37.2 Å². The molecule has 0 unspecified atom stereocenters. The van der Waals surface area contributed by atoms with Gasteiger partial charge in [-0.25, -0.2) is 4.98 Å². The van der Waals surface area contributed by atoms with Crippen molar-refractivity contribution in [1.82, 2.24) is 4.98 Å². The second kappa shape index (κ2) is 6.16. The van der Waals surface area contributed by atoms with Crippen LogP contribution in [0.15, 0.2) is 23.6 Å². The highest BCUT2D eigenvalue weighted by molar-refractivity contribution is 7.09. The van der Waals surface area contributed by atoms with Gasteiger partial charge in [-0.05, 0) is 31.0 Å². The first-order valence-corrected chi connectivity index (χ1v) is 8.09. The van der Waals surface area contributed by atoms with E-state index in [0.29, 0.717) is 6.61 Å². The Morgan fingerprint density at radius 1 is 1.33 bits per heavy atom. The summed E-state index contributed by atoms with van der Waals surface area (Å²) in [5, 5.41) is 3.13. The predicted octanol–water partition coefficient (Wildman–Crippen LogP) is 4.35. The number of nitrogens with zero attached hydrogens (tertiary/aromatic N) is 1. The topological polar surface area (TPSA) is 48.1 Å². The summed E-state index contributed by atoms with van der Waals surface area (Å²) in [5.41, 5.74) is 9.34. The number of rotatable bonds is 4. The van der Waals surface area contributed by atoms with E-state index in [0.717, 1.165) is 27.6 Å². The molecule has 0 aliphatic rings. The number of hydrogen-bond acceptors (Lipinski definition) is 4. The van der Waals surface area contributed by atoms with Crippen molar-refractivity contribution >= 4 is 11.3 Å². The fourth-order valence-electron chi connectivity index (χ4n) is 1.98. The summed E-state index contributed by atoms with van der Waals surface area (Å²) in [6, 6.07) is 6.15. The van der Waals surface area contributed by atoms with E-state index >= 15 is 0 Å². The molecule has 2 N–H and O–H groups in total. The Kier molecular flexibility index (Phi) is 4.69. The van der Waals surface area contributed by atoms with Crippen LogP contribution >= 0.6 is 11.3 Å². The van der Waals surface area contributed by atoms with Crippen molar-refractivity contribution in [1.29, 1.82) is 0 Å². The lowest BCUT2D eigenvalue weighted by atomic mass is 9.93. The molecule has 2 aromatic rings. The fourth-order valence-corrected chi connectivity index (χ4v) is 2.91. The number of nitrogens with two attached hydrogens (primary N) is 1. The van der Waals surface area contributed by atoms with E-state index < -0.39 is 0 Å². The number of thiazole rings is 1. The van der Waals surface area contributed by atoms with Crippen LogP contribution < -0.4 is 10.5 Å². The van der Waals surface area contributed by atoms with Gasteiger partial charge in [0.15, 0.2) is 0 Å². The molecular formula is C17H24N2OS. The summed E-state index contributed by atoms with van der Waals surface area (Å²) in [4.78, 5) is 4.65. The summed E-state index contributed by atoms with van der Waals surface area (Å²) >= 11 is 1.65. The lowest BCUT2D eigenvalue weighted by Crippen LogP contribution is -2.11. The average Bonchev–Trinajstić information content (AvgIpc) is 2.85. The van der Waals surface area contributed by atoms with E-state index in [1.54, 1.807) is 11.3 Å². The average molecular weight is 304 g/mol. The van der Waals surface area contributed by atoms with Crippen molar-refractivity contribution in [3.63, 3.8) is 0 Å². The highest BCUT2D eigenvalue weighted by atomic mass is 32.1. The lowest BCUT2D eigenvalue weighted by Gasteiger charge is -2.14. The van der Waals surface area contributed by atoms with Gasteiger partial charge in [-0.3, -0.25) is 0 Å². The van der Waals surface area contributed by atoms with Gasteiger partial charge in [-0.15, -0.1) is 11.3 Å². The molecule has 0 fully saturated rings. The Hall–Kier alpha value is -1.39. The minimum absolute atomic E-state index is 0.0473. The first kappa shape index (κ1) is 16.0. The van der Waals surface area contributed by atoms with Crippen molar-refractivity contribution in [3.8, 4) is 5.75 Å². The Bertz CT molecular complexity index is 611. The van der Waals surface area contributed by atoms with Gasteiger partial charge in [-0.1, -0.05) is 32.9 Å². The molecule has 0 amide bonds. The first-order chi connectivity index (χ1) is 9.77. The summed E-state index contributed by atoms with van der Waals surface area (Å²) in [6.07, 6.45) is 0. The van der Waals surface area contributed by atoms with Crippen molar-refractivity contribution in [2.75, 3.05) is 0 Å². The molecular weight excluding hydrogens is 280 g/mol. The molecule has 3 nitrogen and oxygen atoms in total. The third-order valence-electron chi connectivity index (χ3n) is 3.40. The Balaban J connectivity index is 2.05. The van der Waals surface area contributed by atoms with Crippen LogP contribution in [-0.4, -0.2) is 4.98 Å². The highest BCUT2D eigenvalue weighted by Crippen LogP contribution is 2.26. The number of hydrogen-bond donors (Lipinski definition) is 1. The fraction of sp³-hybridized carbons (Fsp3) is 0.471. The molecule has 0 spiro atoms. The predicted molar refractivity (Wildman–Crippen MR) is 88.9 cm³/mol. The second-order valence-electron chi connectivity index (χ2n) is 6.48. The van der Waals surface area contributed by atoms with Gasteiger partial charge in [-0.2, -0.15) is 0 Å². The molecule has 1 aromatic heterocycles. The molecule has 0 saturated heterocycles. The number of aryl methyl sites for hydroxylation is 1. The Morgan fingerprint density at radius 3 is 2.57 bits per heavy atom. The SMILES string of the molecule is Cc1cc([C@H](C)N)ccc1OCc1nc(C(C)(C)C)cs1. The molecule has 1 atom stereocenters. The van der Waals surface area contributed by atoms with E-state index in [9.17, 15) is 0 Å². The van der Waals surface area contributed by atoms with Crippen molar-refractivity contribution in [3.05, 3.63) is 45.4 Å². The van der Waals surface area contributed by atoms with Crippen LogP contribution in [0.3, 0.4) is 0 Å². The van der Waals surface area contributed by atoms with Crippen LogP contribution in [0.1, 0.15) is 55.6 Å². The van der Waals surface area contributed by atoms with Gasteiger partial charge in [0.2, 0.25) is 0 Å². The third kappa shape index (κ3) is 4.05. The van der Waals surface area contributed by atoms with Crippen LogP contribution in [0, 0.1) is 6.92 Å². The van der Waals surface area contributed by atoms with Crippen LogP contribution in [-0.2, 0) is 12.0 Å². The second-order valence-corrected chi connectivity index (χ2v) is 7.42. The van der Waals surface area contributed by atoms with Gasteiger partial charge < -0.3 is 10.5 Å². The van der Waals surface area contributed by atoms with Crippen molar-refractivity contribution < 1.29 is 4.74 Å². The summed E-state index contributed by atoms with van der Waals surface area (Å²) < 4.78 is 5.89. The number of ether oxygens (including phenoxy) is 1. The highest BCUT2D eigenvalue weighted by Gasteiger charge is 2.17. The first-order valence-electron chi connectivity index (χ1n) is 7.21. The third-order valence-corrected chi connectivity index (χ3v) is 4.22. The monoisotopic (exact) mass is 304 g/mol. The zero-order valence-electron chi connectivity index (χ0n) is 13.4. The molecule has 114 valence electrons. The number of aromatic nitrogens is 1. The largest absolute Gasteiger partial charge is 0.486 e. The van der Waals surface area contributed by atoms with Crippen LogP contribution in [0.25, 0.3) is 0 Å². The normalized spacial score (nSPS) is 13.2. The molecule has 0 radical (unpaired) electrons. The maximum absolute atomic E-state index is 5.89. The summed E-state index contributed by atoms with van der Waals surface area (Å²) in [6.45, 7) is 11.1. The quantitative estimate of drug-likeness (QED) is 0.913. The van der Waals surface area contributed by atoms with Gasteiger partial charge in [0, 0.05) is 16.8 Å². The van der Waals surface area contributed by atoms with Gasteiger partial charge in [0.25, 0.3) is 0 Å². The molecule has 0 aliphatic heterocycles. The van der Waals surface area contributed by atoms with E-state index in [4.69, 9.17) is 10.5 Å². The van der Waals surface area contributed by atoms with Crippen molar-refractivity contribution in [2.45, 2.75) is 52.7 Å². The maximum Gasteiger partial charge on any atom is 0.140 e. The molecule has 2 rings (SSSR count). The summed E-state index contributed by atoms with van der Waals surface area (Å²) in [5.74, 6) is 0.895. The molecule has 0 aliphatic carbocycles. The van der Waals surface area contributed by atoms with Gasteiger partial charge in [0.05, 0.1) is 5.69 Å². The summed E-state index contributed by atoms with van der Waals surface area (Å²) in [7, 11) is 0. The maximum atomic E-state index is 5.89. The molecule has 0 bridgehead atoms. The minimum Gasteiger partial charge on any atom is -0.486 e. The zero-order chi connectivity index (χ0) is 15.6. The minimum atomic E-state index is 0.0473. The Labute approximate surface area is 131 Å².